The molecular weight excluding hydrogens is 144 g/mol. The molecule has 50 valence electrons. The maximum Gasteiger partial charge on any atom is 0.125 e. The summed E-state index contributed by atoms with van der Waals surface area (Å²) in [5, 5.41) is 2.02. The second kappa shape index (κ2) is 1.95. The third kappa shape index (κ3) is 0.752. The Morgan fingerprint density at radius 1 is 1.50 bits per heavy atom. The topological polar surface area (TPSA) is 38.9 Å². The Morgan fingerprint density at radius 2 is 2.40 bits per heavy atom. The van der Waals surface area contributed by atoms with Crippen molar-refractivity contribution in [3.8, 4) is 10.6 Å². The van der Waals surface area contributed by atoms with Crippen LogP contribution < -0.4 is 5.73 Å². The van der Waals surface area contributed by atoms with E-state index < -0.39 is 0 Å². The Labute approximate surface area is 62.7 Å². The molecule has 0 saturated heterocycles. The Hall–Kier alpha value is -1.09. The first-order valence-electron chi connectivity index (χ1n) is 2.96. The van der Waals surface area contributed by atoms with Gasteiger partial charge in [-0.2, -0.15) is 0 Å². The Bertz CT molecular complexity index is 285. The fourth-order valence-corrected chi connectivity index (χ4v) is 1.62. The highest BCUT2D eigenvalue weighted by Gasteiger charge is 2.03. The van der Waals surface area contributed by atoms with Crippen molar-refractivity contribution in [3.63, 3.8) is 0 Å². The van der Waals surface area contributed by atoms with Crippen molar-refractivity contribution in [2.45, 2.75) is 0 Å². The molecule has 0 bridgehead atoms. The number of anilines is 1. The number of fused-ring (bicyclic) bond motifs is 1. The van der Waals surface area contributed by atoms with E-state index in [1.807, 2.05) is 23.6 Å². The molecule has 2 N–H and O–H groups in total. The zero-order valence-corrected chi connectivity index (χ0v) is 6.06. The summed E-state index contributed by atoms with van der Waals surface area (Å²) in [4.78, 5) is 5.25. The number of hydrogen-bond acceptors (Lipinski definition) is 3. The van der Waals surface area contributed by atoms with Gasteiger partial charge in [0.15, 0.2) is 0 Å². The van der Waals surface area contributed by atoms with Crippen molar-refractivity contribution < 1.29 is 0 Å². The first-order chi connectivity index (χ1) is 4.86. The minimum atomic E-state index is 0.609. The van der Waals surface area contributed by atoms with Crippen LogP contribution in [0.3, 0.4) is 0 Å². The van der Waals surface area contributed by atoms with Gasteiger partial charge in [0.25, 0.3) is 0 Å². The molecule has 0 aromatic rings. The lowest BCUT2D eigenvalue weighted by Crippen LogP contribution is -1.80. The number of nitrogens with zero attached hydrogens (tertiary/aromatic N) is 1. The van der Waals surface area contributed by atoms with Gasteiger partial charge in [-0.25, -0.2) is 4.98 Å². The summed E-state index contributed by atoms with van der Waals surface area (Å²) in [6.45, 7) is 0. The first-order valence-corrected chi connectivity index (χ1v) is 3.84. The second-order valence-corrected chi connectivity index (χ2v) is 2.99. The van der Waals surface area contributed by atoms with E-state index in [4.69, 9.17) is 5.73 Å². The van der Waals surface area contributed by atoms with Crippen LogP contribution in [0.1, 0.15) is 0 Å². The summed E-state index contributed by atoms with van der Waals surface area (Å²) in [5.41, 5.74) is 6.48. The van der Waals surface area contributed by atoms with Crippen LogP contribution in [0.2, 0.25) is 0 Å². The third-order valence-electron chi connectivity index (χ3n) is 1.31. The highest BCUT2D eigenvalue weighted by Crippen LogP contribution is 2.26. The summed E-state index contributed by atoms with van der Waals surface area (Å²) >= 11 is 1.66. The minimum absolute atomic E-state index is 0.609. The minimum Gasteiger partial charge on any atom is -0.384 e. The highest BCUT2D eigenvalue weighted by atomic mass is 32.1. The smallest absolute Gasteiger partial charge is 0.125 e. The van der Waals surface area contributed by atoms with Crippen LogP contribution >= 0.6 is 11.3 Å². The van der Waals surface area contributed by atoms with Gasteiger partial charge in [-0.05, 0) is 17.5 Å². The SMILES string of the molecule is Nc1cc2scccc-2n1. The molecular formula is C7H6N2S. The average molecular weight is 150 g/mol. The van der Waals surface area contributed by atoms with Gasteiger partial charge in [-0.3, -0.25) is 0 Å². The molecule has 0 aromatic heterocycles. The molecule has 0 atom stereocenters. The summed E-state index contributed by atoms with van der Waals surface area (Å²) in [6, 6.07) is 5.82. The molecule has 0 fully saturated rings. The van der Waals surface area contributed by atoms with Gasteiger partial charge < -0.3 is 5.73 Å². The van der Waals surface area contributed by atoms with Gasteiger partial charge in [0.05, 0.1) is 10.6 Å². The van der Waals surface area contributed by atoms with E-state index in [0.29, 0.717) is 5.82 Å². The van der Waals surface area contributed by atoms with E-state index in [1.54, 1.807) is 11.3 Å². The number of aromatic nitrogens is 1. The fourth-order valence-electron chi connectivity index (χ4n) is 0.892. The average Bonchev–Trinajstić information content (AvgIpc) is 2.27. The standard InChI is InChI=1S/C7H6N2S/c8-7-4-6-5(9-7)2-1-3-10-6/h1-4H,(H2,8,9). The maximum absolute atomic E-state index is 5.49. The molecule has 0 saturated carbocycles. The van der Waals surface area contributed by atoms with Crippen LogP contribution in [0.4, 0.5) is 5.82 Å². The van der Waals surface area contributed by atoms with E-state index in [1.165, 1.54) is 0 Å². The molecule has 3 heteroatoms. The molecule has 10 heavy (non-hydrogen) atoms. The van der Waals surface area contributed by atoms with Gasteiger partial charge >= 0.3 is 0 Å². The normalized spacial score (nSPS) is 10.4. The van der Waals surface area contributed by atoms with Gasteiger partial charge in [0.2, 0.25) is 0 Å². The van der Waals surface area contributed by atoms with Crippen molar-refractivity contribution in [1.29, 1.82) is 0 Å². The predicted octanol–water partition coefficient (Wildman–Crippen LogP) is 1.83. The molecule has 0 radical (unpaired) electrons. The van der Waals surface area contributed by atoms with Crippen LogP contribution in [0.5, 0.6) is 0 Å². The number of hydrogen-bond donors (Lipinski definition) is 1. The molecule has 0 unspecified atom stereocenters. The lowest BCUT2D eigenvalue weighted by Gasteiger charge is -1.89. The van der Waals surface area contributed by atoms with Crippen LogP contribution in [-0.4, -0.2) is 4.98 Å². The van der Waals surface area contributed by atoms with Gasteiger partial charge in [-0.15, -0.1) is 11.3 Å². The summed E-state index contributed by atoms with van der Waals surface area (Å²) in [6.07, 6.45) is 0. The molecule has 0 amide bonds. The molecule has 2 heterocycles. The van der Waals surface area contributed by atoms with E-state index in [-0.39, 0.29) is 0 Å². The van der Waals surface area contributed by atoms with Crippen LogP contribution in [-0.2, 0) is 0 Å². The molecule has 2 nitrogen and oxygen atoms in total. The molecule has 0 spiro atoms. The fraction of sp³-hybridized carbons (Fsp3) is 0. The van der Waals surface area contributed by atoms with Gasteiger partial charge in [-0.1, -0.05) is 6.07 Å². The largest absolute Gasteiger partial charge is 0.384 e. The molecule has 2 aliphatic rings. The molecule has 2 rings (SSSR count). The van der Waals surface area contributed by atoms with Crippen molar-refractivity contribution >= 4 is 17.2 Å². The summed E-state index contributed by atoms with van der Waals surface area (Å²) in [7, 11) is 0. The zero-order chi connectivity index (χ0) is 6.97. The molecule has 2 aliphatic heterocycles. The molecule has 0 aliphatic carbocycles. The third-order valence-corrected chi connectivity index (χ3v) is 2.18. The Morgan fingerprint density at radius 3 is 3.20 bits per heavy atom. The van der Waals surface area contributed by atoms with E-state index in [9.17, 15) is 0 Å². The van der Waals surface area contributed by atoms with Crippen molar-refractivity contribution in [1.82, 2.24) is 4.98 Å². The summed E-state index contributed by atoms with van der Waals surface area (Å²) < 4.78 is 0. The monoisotopic (exact) mass is 150 g/mol. The lowest BCUT2D eigenvalue weighted by molar-refractivity contribution is 1.42. The first kappa shape index (κ1) is 5.68. The number of nitrogens with two attached hydrogens (primary N) is 1. The number of rotatable bonds is 0. The maximum atomic E-state index is 5.49. The quantitative estimate of drug-likeness (QED) is 0.622. The van der Waals surface area contributed by atoms with Crippen LogP contribution in [0, 0.1) is 0 Å². The lowest BCUT2D eigenvalue weighted by atomic mass is 10.4. The van der Waals surface area contributed by atoms with E-state index in [2.05, 4.69) is 4.98 Å². The van der Waals surface area contributed by atoms with Crippen LogP contribution in [0.15, 0.2) is 23.6 Å². The van der Waals surface area contributed by atoms with Gasteiger partial charge in [0, 0.05) is 0 Å². The van der Waals surface area contributed by atoms with Crippen molar-refractivity contribution in [2.75, 3.05) is 5.73 Å². The van der Waals surface area contributed by atoms with E-state index in [0.717, 1.165) is 10.6 Å². The molecule has 0 aromatic carbocycles. The zero-order valence-electron chi connectivity index (χ0n) is 5.24. The van der Waals surface area contributed by atoms with Crippen molar-refractivity contribution in [2.24, 2.45) is 0 Å². The van der Waals surface area contributed by atoms with Crippen LogP contribution in [0.25, 0.3) is 10.6 Å². The second-order valence-electron chi connectivity index (χ2n) is 2.04. The van der Waals surface area contributed by atoms with Crippen molar-refractivity contribution in [3.05, 3.63) is 23.6 Å². The van der Waals surface area contributed by atoms with Gasteiger partial charge in [0.1, 0.15) is 5.82 Å². The predicted molar refractivity (Wildman–Crippen MR) is 43.1 cm³/mol. The summed E-state index contributed by atoms with van der Waals surface area (Å²) in [5.74, 6) is 0.609. The Kier molecular flexibility index (Phi) is 1.11. The highest BCUT2D eigenvalue weighted by molar-refractivity contribution is 7.13. The Balaban J connectivity index is 2.76. The van der Waals surface area contributed by atoms with E-state index >= 15 is 0 Å². The number of nitrogen functional groups attached to an aromatic ring is 1.